The second-order valence-electron chi connectivity index (χ2n) is 5.25. The third kappa shape index (κ3) is 5.40. The third-order valence-corrected chi connectivity index (χ3v) is 5.82. The Morgan fingerprint density at radius 1 is 1.30 bits per heavy atom. The summed E-state index contributed by atoms with van der Waals surface area (Å²) in [5.74, 6) is -0.161. The van der Waals surface area contributed by atoms with Gasteiger partial charge in [0.25, 0.3) is 0 Å². The molecule has 0 fully saturated rings. The van der Waals surface area contributed by atoms with Gasteiger partial charge in [-0.15, -0.1) is 10.2 Å². The molecule has 0 saturated heterocycles. The number of anilines is 1. The summed E-state index contributed by atoms with van der Waals surface area (Å²) < 4.78 is 16.9. The van der Waals surface area contributed by atoms with E-state index < -0.39 is 9.73 Å². The van der Waals surface area contributed by atoms with E-state index in [-0.39, 0.29) is 5.91 Å². The number of amides is 1. The second-order valence-corrected chi connectivity index (χ2v) is 8.65. The van der Waals surface area contributed by atoms with Crippen LogP contribution in [0.25, 0.3) is 0 Å². The van der Waals surface area contributed by atoms with Crippen molar-refractivity contribution in [2.45, 2.75) is 31.6 Å². The molecule has 0 bridgehead atoms. The van der Waals surface area contributed by atoms with Gasteiger partial charge in [-0.05, 0) is 25.5 Å². The van der Waals surface area contributed by atoms with Crippen molar-refractivity contribution in [2.75, 3.05) is 18.1 Å². The van der Waals surface area contributed by atoms with Crippen LogP contribution in [0, 0.1) is 6.92 Å². The lowest BCUT2D eigenvalue weighted by molar-refractivity contribution is -0.114. The van der Waals surface area contributed by atoms with Gasteiger partial charge in [-0.3, -0.25) is 4.79 Å². The topological polar surface area (TPSA) is 84.3 Å². The van der Waals surface area contributed by atoms with E-state index in [1.54, 1.807) is 6.26 Å². The first kappa shape index (κ1) is 17.6. The van der Waals surface area contributed by atoms with Crippen molar-refractivity contribution in [1.29, 1.82) is 0 Å². The van der Waals surface area contributed by atoms with Crippen molar-refractivity contribution in [3.8, 4) is 0 Å². The zero-order chi connectivity index (χ0) is 16.9. The van der Waals surface area contributed by atoms with Gasteiger partial charge in [-0.2, -0.15) is 0 Å². The average Bonchev–Trinajstić information content (AvgIpc) is 2.91. The highest BCUT2D eigenvalue weighted by atomic mass is 32.2. The highest BCUT2D eigenvalue weighted by Crippen LogP contribution is 2.17. The van der Waals surface area contributed by atoms with Gasteiger partial charge in [0, 0.05) is 31.0 Å². The quantitative estimate of drug-likeness (QED) is 0.810. The fourth-order valence-corrected chi connectivity index (χ4v) is 3.99. The molecule has 0 aliphatic heterocycles. The van der Waals surface area contributed by atoms with Gasteiger partial charge < -0.3 is 5.32 Å². The highest BCUT2D eigenvalue weighted by molar-refractivity contribution is 7.93. The molecule has 124 valence electrons. The molecule has 6 nitrogen and oxygen atoms in total. The molecule has 0 aliphatic carbocycles. The SMILES string of the molecule is CC(=O)Nc1nnc(CCCN=S(C)(=O)c2ccc(C)cc2)s1. The van der Waals surface area contributed by atoms with E-state index in [0.717, 1.165) is 21.9 Å². The molecule has 0 saturated carbocycles. The molecule has 23 heavy (non-hydrogen) atoms. The number of hydrogen-bond donors (Lipinski definition) is 1. The van der Waals surface area contributed by atoms with Gasteiger partial charge in [0.1, 0.15) is 5.01 Å². The number of nitrogens with one attached hydrogen (secondary N) is 1. The van der Waals surface area contributed by atoms with Crippen molar-refractivity contribution in [1.82, 2.24) is 10.2 Å². The molecule has 1 amide bonds. The fraction of sp³-hybridized carbons (Fsp3) is 0.400. The van der Waals surface area contributed by atoms with Crippen LogP contribution in [-0.4, -0.2) is 33.1 Å². The van der Waals surface area contributed by atoms with Crippen molar-refractivity contribution >= 4 is 32.1 Å². The number of aryl methyl sites for hydroxylation is 2. The van der Waals surface area contributed by atoms with Crippen LogP contribution in [0.5, 0.6) is 0 Å². The summed E-state index contributed by atoms with van der Waals surface area (Å²) in [6.07, 6.45) is 3.10. The summed E-state index contributed by atoms with van der Waals surface area (Å²) in [6, 6.07) is 7.62. The van der Waals surface area contributed by atoms with Crippen LogP contribution in [-0.2, 0) is 20.9 Å². The van der Waals surface area contributed by atoms with E-state index in [2.05, 4.69) is 19.9 Å². The van der Waals surface area contributed by atoms with Crippen LogP contribution in [0.1, 0.15) is 23.9 Å². The highest BCUT2D eigenvalue weighted by Gasteiger charge is 2.07. The van der Waals surface area contributed by atoms with Crippen LogP contribution in [0.15, 0.2) is 33.5 Å². The summed E-state index contributed by atoms with van der Waals surface area (Å²) in [4.78, 5) is 11.7. The van der Waals surface area contributed by atoms with Gasteiger partial charge >= 0.3 is 0 Å². The summed E-state index contributed by atoms with van der Waals surface area (Å²) in [5.41, 5.74) is 1.13. The molecule has 2 rings (SSSR count). The molecule has 0 aliphatic rings. The van der Waals surface area contributed by atoms with E-state index in [1.807, 2.05) is 31.2 Å². The maximum atomic E-state index is 12.6. The summed E-state index contributed by atoms with van der Waals surface area (Å²) in [6.45, 7) is 3.93. The van der Waals surface area contributed by atoms with Gasteiger partial charge in [-0.25, -0.2) is 8.57 Å². The molecule has 1 heterocycles. The van der Waals surface area contributed by atoms with Crippen molar-refractivity contribution < 1.29 is 9.00 Å². The number of carbonyl (C=O) groups is 1. The fourth-order valence-electron chi connectivity index (χ4n) is 1.89. The maximum Gasteiger partial charge on any atom is 0.223 e. The number of aromatic nitrogens is 2. The second kappa shape index (κ2) is 7.65. The van der Waals surface area contributed by atoms with Crippen molar-refractivity contribution in [3.63, 3.8) is 0 Å². The number of nitrogens with zero attached hydrogens (tertiary/aromatic N) is 3. The van der Waals surface area contributed by atoms with Crippen molar-refractivity contribution in [2.24, 2.45) is 4.36 Å². The molecular formula is C15H20N4O2S2. The lowest BCUT2D eigenvalue weighted by Gasteiger charge is -2.04. The van der Waals surface area contributed by atoms with Gasteiger partial charge in [0.15, 0.2) is 0 Å². The number of rotatable bonds is 6. The first-order chi connectivity index (χ1) is 10.9. The van der Waals surface area contributed by atoms with Crippen LogP contribution in [0.2, 0.25) is 0 Å². The van der Waals surface area contributed by atoms with Crippen molar-refractivity contribution in [3.05, 3.63) is 34.8 Å². The summed E-state index contributed by atoms with van der Waals surface area (Å²) >= 11 is 1.35. The van der Waals surface area contributed by atoms with E-state index in [9.17, 15) is 9.00 Å². The normalized spacial score (nSPS) is 13.3. The lowest BCUT2D eigenvalue weighted by atomic mass is 10.2. The number of carbonyl (C=O) groups excluding carboxylic acids is 1. The molecule has 0 radical (unpaired) electrons. The van der Waals surface area contributed by atoms with E-state index in [0.29, 0.717) is 18.1 Å². The predicted octanol–water partition coefficient (Wildman–Crippen LogP) is 2.89. The van der Waals surface area contributed by atoms with Crippen LogP contribution in [0.4, 0.5) is 5.13 Å². The standard InChI is InChI=1S/C15H20N4O2S2/c1-11-6-8-13(9-7-11)23(3,21)16-10-4-5-14-18-19-15(22-14)17-12(2)20/h6-9H,4-5,10H2,1-3H3,(H,17,19,20). The van der Waals surface area contributed by atoms with E-state index in [1.165, 1.54) is 18.3 Å². The predicted molar refractivity (Wildman–Crippen MR) is 93.3 cm³/mol. The average molecular weight is 352 g/mol. The maximum absolute atomic E-state index is 12.6. The largest absolute Gasteiger partial charge is 0.301 e. The Morgan fingerprint density at radius 2 is 2.00 bits per heavy atom. The summed E-state index contributed by atoms with van der Waals surface area (Å²) in [7, 11) is -2.36. The minimum Gasteiger partial charge on any atom is -0.301 e. The molecule has 1 atom stereocenters. The Kier molecular flexibility index (Phi) is 5.84. The minimum atomic E-state index is -2.36. The van der Waals surface area contributed by atoms with Gasteiger partial charge in [0.2, 0.25) is 11.0 Å². The molecular weight excluding hydrogens is 332 g/mol. The minimum absolute atomic E-state index is 0.161. The molecule has 1 aromatic heterocycles. The zero-order valence-electron chi connectivity index (χ0n) is 13.4. The first-order valence-corrected chi connectivity index (χ1v) is 9.95. The molecule has 8 heteroatoms. The Labute approximate surface area is 140 Å². The molecule has 0 spiro atoms. The summed E-state index contributed by atoms with van der Waals surface area (Å²) in [5, 5.41) is 11.8. The monoisotopic (exact) mass is 352 g/mol. The zero-order valence-corrected chi connectivity index (χ0v) is 15.0. The Balaban J connectivity index is 1.90. The van der Waals surface area contributed by atoms with Crippen LogP contribution < -0.4 is 5.32 Å². The molecule has 1 N–H and O–H groups in total. The van der Waals surface area contributed by atoms with E-state index in [4.69, 9.17) is 0 Å². The number of benzene rings is 1. The van der Waals surface area contributed by atoms with Gasteiger partial charge in [-0.1, -0.05) is 29.0 Å². The van der Waals surface area contributed by atoms with Gasteiger partial charge in [0.05, 0.1) is 9.73 Å². The van der Waals surface area contributed by atoms with Crippen LogP contribution >= 0.6 is 11.3 Å². The number of hydrogen-bond acceptors (Lipinski definition) is 6. The smallest absolute Gasteiger partial charge is 0.223 e. The lowest BCUT2D eigenvalue weighted by Crippen LogP contribution is -2.04. The van der Waals surface area contributed by atoms with E-state index >= 15 is 0 Å². The first-order valence-electron chi connectivity index (χ1n) is 7.21. The Morgan fingerprint density at radius 3 is 2.65 bits per heavy atom. The Bertz CT molecular complexity index is 790. The Hall–Kier alpha value is -1.80. The molecule has 1 unspecified atom stereocenters. The van der Waals surface area contributed by atoms with Crippen LogP contribution in [0.3, 0.4) is 0 Å². The molecule has 1 aromatic carbocycles. The molecule has 2 aromatic rings. The third-order valence-electron chi connectivity index (χ3n) is 3.09.